The average molecular weight is 646 g/mol. The summed E-state index contributed by atoms with van der Waals surface area (Å²) in [7, 11) is -8.74. The topological polar surface area (TPSA) is 185 Å². The molecule has 0 saturated heterocycles. The summed E-state index contributed by atoms with van der Waals surface area (Å²) in [5.74, 6) is -5.45. The number of carboxylic acid groups (broad SMARTS) is 1. The molecule has 0 radical (unpaired) electrons. The Balaban J connectivity index is 1.79. The predicted molar refractivity (Wildman–Crippen MR) is 169 cm³/mol. The molecule has 3 aromatic rings. The lowest BCUT2D eigenvalue weighted by atomic mass is 9.99. The number of benzene rings is 3. The third kappa shape index (κ3) is 10.9. The van der Waals surface area contributed by atoms with Crippen LogP contribution in [0.5, 0.6) is 0 Å². The molecule has 1 unspecified atom stereocenters. The molecule has 4 atom stereocenters. The maximum absolute atomic E-state index is 13.7. The molecular weight excluding hydrogens is 605 g/mol. The van der Waals surface area contributed by atoms with E-state index in [2.05, 4.69) is 10.0 Å². The van der Waals surface area contributed by atoms with Crippen molar-refractivity contribution in [3.63, 3.8) is 0 Å². The van der Waals surface area contributed by atoms with Crippen LogP contribution < -0.4 is 15.8 Å². The minimum absolute atomic E-state index is 0.0161. The van der Waals surface area contributed by atoms with Gasteiger partial charge in [0, 0.05) is 12.7 Å². The van der Waals surface area contributed by atoms with E-state index < -0.39 is 65.0 Å². The largest absolute Gasteiger partial charge is 0.481 e. The molecule has 0 aromatic heterocycles. The minimum Gasteiger partial charge on any atom is -0.481 e. The summed E-state index contributed by atoms with van der Waals surface area (Å²) in [4.78, 5) is 36.0. The predicted octanol–water partition coefficient (Wildman–Crippen LogP) is 4.02. The highest BCUT2D eigenvalue weighted by Crippen LogP contribution is 2.51. The molecular formula is C31H40N3O8PS. The Morgan fingerprint density at radius 3 is 2.09 bits per heavy atom. The maximum Gasteiger partial charge on any atom is 0.407 e. The van der Waals surface area contributed by atoms with Crippen molar-refractivity contribution in [3.8, 4) is 0 Å². The van der Waals surface area contributed by atoms with E-state index in [1.165, 1.54) is 6.07 Å². The summed E-state index contributed by atoms with van der Waals surface area (Å²) >= 11 is 0. The quantitative estimate of drug-likeness (QED) is 0.144. The van der Waals surface area contributed by atoms with Crippen LogP contribution in [-0.4, -0.2) is 54.2 Å². The number of rotatable bonds is 16. The Morgan fingerprint density at radius 1 is 0.932 bits per heavy atom. The first kappa shape index (κ1) is 34.9. The highest BCUT2D eigenvalue weighted by atomic mass is 32.2. The molecule has 0 aliphatic carbocycles. The van der Waals surface area contributed by atoms with Gasteiger partial charge in [-0.2, -0.15) is 0 Å². The van der Waals surface area contributed by atoms with E-state index in [0.717, 1.165) is 11.1 Å². The number of alkyl carbamates (subject to hydrolysis) is 1. The standard InChI is InChI=1S/C31H40N3O8PS/c1-22(2)29(43(38,39)20-28(30(35)36)26-15-9-14-25(16-26)18-32)34-44(40,41)21-27(17-23-10-5-3-6-11-23)33-31(37)42-19-24-12-7-4-8-13-24/h3-16,22,27-29,34H,17-21,32H2,1-2H3,(H,33,37)(H,35,36)(H,38,39)/t27-,28-,29+/m0/s1. The number of hydrogen-bond acceptors (Lipinski definition) is 7. The maximum atomic E-state index is 13.7. The SMILES string of the molecule is CC(C)[C@H](NS(=O)(=O)C[C@H](Cc1ccccc1)NC(=O)OCc1ccccc1)P(=O)(O)C[C@H](C(=O)O)c1cccc(CN)c1. The Kier molecular flexibility index (Phi) is 12.7. The molecule has 6 N–H and O–H groups in total. The first-order valence-electron chi connectivity index (χ1n) is 14.1. The molecule has 0 aliphatic rings. The van der Waals surface area contributed by atoms with Crippen molar-refractivity contribution in [2.75, 3.05) is 11.9 Å². The van der Waals surface area contributed by atoms with E-state index in [9.17, 15) is 32.6 Å². The number of sulfonamides is 1. The second-order valence-electron chi connectivity index (χ2n) is 11.0. The van der Waals surface area contributed by atoms with Crippen LogP contribution in [0.15, 0.2) is 84.9 Å². The smallest absolute Gasteiger partial charge is 0.407 e. The number of aliphatic carboxylic acids is 1. The molecule has 3 rings (SSSR count). The summed E-state index contributed by atoms with van der Waals surface area (Å²) in [5.41, 5.74) is 8.14. The van der Waals surface area contributed by atoms with Gasteiger partial charge < -0.3 is 25.8 Å². The normalized spacial score (nSPS) is 15.1. The van der Waals surface area contributed by atoms with Crippen LogP contribution in [0.25, 0.3) is 0 Å². The van der Waals surface area contributed by atoms with E-state index in [-0.39, 0.29) is 19.6 Å². The van der Waals surface area contributed by atoms with E-state index in [0.29, 0.717) is 11.1 Å². The zero-order valence-corrected chi connectivity index (χ0v) is 26.4. The molecule has 238 valence electrons. The summed E-state index contributed by atoms with van der Waals surface area (Å²) in [6, 6.07) is 23.4. The van der Waals surface area contributed by atoms with Gasteiger partial charge in [0.1, 0.15) is 12.4 Å². The molecule has 0 heterocycles. The zero-order valence-electron chi connectivity index (χ0n) is 24.7. The molecule has 0 bridgehead atoms. The summed E-state index contributed by atoms with van der Waals surface area (Å²) in [6.45, 7) is 3.28. The van der Waals surface area contributed by atoms with Gasteiger partial charge in [-0.05, 0) is 34.6 Å². The van der Waals surface area contributed by atoms with Crippen molar-refractivity contribution < 1.29 is 37.3 Å². The summed E-state index contributed by atoms with van der Waals surface area (Å²) < 4.78 is 48.3. The van der Waals surface area contributed by atoms with Crippen molar-refractivity contribution in [1.29, 1.82) is 0 Å². The number of ether oxygens (including phenoxy) is 1. The van der Waals surface area contributed by atoms with Gasteiger partial charge in [-0.3, -0.25) is 9.36 Å². The molecule has 13 heteroatoms. The monoisotopic (exact) mass is 645 g/mol. The summed E-state index contributed by atoms with van der Waals surface area (Å²) in [6.07, 6.45) is -1.37. The number of hydrogen-bond donors (Lipinski definition) is 5. The van der Waals surface area contributed by atoms with E-state index in [1.54, 1.807) is 86.6 Å². The molecule has 44 heavy (non-hydrogen) atoms. The summed E-state index contributed by atoms with van der Waals surface area (Å²) in [5, 5.41) is 12.5. The molecule has 3 aromatic carbocycles. The van der Waals surface area contributed by atoms with Crippen molar-refractivity contribution in [3.05, 3.63) is 107 Å². The first-order valence-corrected chi connectivity index (χ1v) is 17.7. The minimum atomic E-state index is -4.45. The van der Waals surface area contributed by atoms with Crippen LogP contribution in [0.2, 0.25) is 0 Å². The fourth-order valence-electron chi connectivity index (χ4n) is 4.80. The molecule has 1 amide bonds. The first-order chi connectivity index (χ1) is 20.8. The second kappa shape index (κ2) is 16.0. The van der Waals surface area contributed by atoms with Crippen molar-refractivity contribution in [2.24, 2.45) is 11.7 Å². The van der Waals surface area contributed by atoms with Crippen molar-refractivity contribution >= 4 is 29.5 Å². The van der Waals surface area contributed by atoms with Crippen LogP contribution in [0.1, 0.15) is 42.0 Å². The Morgan fingerprint density at radius 2 is 1.52 bits per heavy atom. The number of amides is 1. The highest BCUT2D eigenvalue weighted by molar-refractivity contribution is 7.89. The Hall–Kier alpha value is -3.54. The van der Waals surface area contributed by atoms with Gasteiger partial charge in [-0.15, -0.1) is 0 Å². The zero-order chi connectivity index (χ0) is 32.3. The number of carboxylic acids is 1. The molecule has 0 saturated carbocycles. The fourth-order valence-corrected chi connectivity index (χ4v) is 9.46. The Labute approximate surface area is 258 Å². The van der Waals surface area contributed by atoms with Crippen LogP contribution >= 0.6 is 7.37 Å². The van der Waals surface area contributed by atoms with Gasteiger partial charge in [0.05, 0.1) is 17.7 Å². The Bertz CT molecular complexity index is 1540. The molecule has 0 fully saturated rings. The molecule has 0 aliphatic heterocycles. The van der Waals surface area contributed by atoms with Crippen LogP contribution in [0.3, 0.4) is 0 Å². The number of nitrogens with one attached hydrogen (secondary N) is 2. The third-order valence-corrected chi connectivity index (χ3v) is 11.1. The highest BCUT2D eigenvalue weighted by Gasteiger charge is 2.41. The molecule has 11 nitrogen and oxygen atoms in total. The van der Waals surface area contributed by atoms with Crippen LogP contribution in [-0.2, 0) is 43.7 Å². The van der Waals surface area contributed by atoms with Crippen LogP contribution in [0.4, 0.5) is 4.79 Å². The lowest BCUT2D eigenvalue weighted by molar-refractivity contribution is -0.138. The van der Waals surface area contributed by atoms with Crippen molar-refractivity contribution in [1.82, 2.24) is 10.0 Å². The third-order valence-electron chi connectivity index (χ3n) is 6.98. The van der Waals surface area contributed by atoms with Gasteiger partial charge in [-0.1, -0.05) is 98.8 Å². The van der Waals surface area contributed by atoms with Gasteiger partial charge in [0.2, 0.25) is 17.4 Å². The lowest BCUT2D eigenvalue weighted by Gasteiger charge is -2.30. The number of carbonyl (C=O) groups excluding carboxylic acids is 1. The average Bonchev–Trinajstić information content (AvgIpc) is 2.98. The van der Waals surface area contributed by atoms with Crippen LogP contribution in [0, 0.1) is 5.92 Å². The lowest BCUT2D eigenvalue weighted by Crippen LogP contribution is -2.47. The van der Waals surface area contributed by atoms with E-state index >= 15 is 0 Å². The number of carbonyl (C=O) groups is 2. The second-order valence-corrected chi connectivity index (χ2v) is 15.2. The number of nitrogens with two attached hydrogens (primary N) is 1. The van der Waals surface area contributed by atoms with Gasteiger partial charge in [0.15, 0.2) is 0 Å². The van der Waals surface area contributed by atoms with E-state index in [4.69, 9.17) is 10.5 Å². The van der Waals surface area contributed by atoms with Gasteiger partial charge in [-0.25, -0.2) is 17.9 Å². The van der Waals surface area contributed by atoms with Gasteiger partial charge in [0.25, 0.3) is 0 Å². The fraction of sp³-hybridized carbons (Fsp3) is 0.355. The molecule has 0 spiro atoms. The van der Waals surface area contributed by atoms with E-state index in [1.807, 2.05) is 6.07 Å². The van der Waals surface area contributed by atoms with Crippen molar-refractivity contribution in [2.45, 2.75) is 51.2 Å². The van der Waals surface area contributed by atoms with Gasteiger partial charge >= 0.3 is 12.1 Å².